The molecular weight excluding hydrogens is 334 g/mol. The van der Waals surface area contributed by atoms with Crippen molar-refractivity contribution in [3.05, 3.63) is 64.2 Å². The van der Waals surface area contributed by atoms with Crippen LogP contribution in [-0.4, -0.2) is 30.5 Å². The lowest BCUT2D eigenvalue weighted by molar-refractivity contribution is -0.133. The number of amides is 1. The average molecular weight is 366 g/mol. The molecule has 3 heteroatoms. The number of ether oxygens (including phenoxy) is 1. The highest BCUT2D eigenvalue weighted by molar-refractivity contribution is 5.79. The molecule has 0 saturated carbocycles. The fraction of sp³-hybridized carbons (Fsp3) is 0.458. The normalized spacial score (nSPS) is 15.9. The second kappa shape index (κ2) is 8.60. The van der Waals surface area contributed by atoms with E-state index in [-0.39, 0.29) is 11.9 Å². The standard InChI is InChI=1S/C24H31NO2/c1-5-13-25(24(26)15-20-14-17(2)9-10-18(20)3)21-12-11-19-7-6-8-23(27-4)22(19)16-21/h6-10,14,21H,5,11-13,15-16H2,1-4H3. The molecule has 2 aromatic rings. The van der Waals surface area contributed by atoms with Gasteiger partial charge >= 0.3 is 0 Å². The molecule has 0 aromatic heterocycles. The van der Waals surface area contributed by atoms with E-state index in [1.54, 1.807) is 7.11 Å². The highest BCUT2D eigenvalue weighted by atomic mass is 16.5. The molecule has 0 heterocycles. The number of fused-ring (bicyclic) bond motifs is 1. The van der Waals surface area contributed by atoms with Crippen LogP contribution in [0.3, 0.4) is 0 Å². The molecule has 0 saturated heterocycles. The minimum Gasteiger partial charge on any atom is -0.496 e. The van der Waals surface area contributed by atoms with Crippen molar-refractivity contribution in [3.63, 3.8) is 0 Å². The van der Waals surface area contributed by atoms with Gasteiger partial charge in [-0.25, -0.2) is 0 Å². The Morgan fingerprint density at radius 3 is 2.78 bits per heavy atom. The van der Waals surface area contributed by atoms with Gasteiger partial charge in [0.25, 0.3) is 0 Å². The Hall–Kier alpha value is -2.29. The van der Waals surface area contributed by atoms with Gasteiger partial charge in [-0.05, 0) is 67.9 Å². The summed E-state index contributed by atoms with van der Waals surface area (Å²) in [6.07, 6.45) is 4.39. The van der Waals surface area contributed by atoms with Crippen LogP contribution in [0.15, 0.2) is 36.4 Å². The molecule has 1 aliphatic carbocycles. The first kappa shape index (κ1) is 19.5. The van der Waals surface area contributed by atoms with Crippen molar-refractivity contribution in [2.24, 2.45) is 0 Å². The van der Waals surface area contributed by atoms with Crippen LogP contribution in [-0.2, 0) is 24.1 Å². The summed E-state index contributed by atoms with van der Waals surface area (Å²) < 4.78 is 5.58. The van der Waals surface area contributed by atoms with Gasteiger partial charge in [-0.1, -0.05) is 42.8 Å². The topological polar surface area (TPSA) is 29.5 Å². The lowest BCUT2D eigenvalue weighted by atomic mass is 9.86. The van der Waals surface area contributed by atoms with Crippen molar-refractivity contribution >= 4 is 5.91 Å². The van der Waals surface area contributed by atoms with E-state index in [0.717, 1.165) is 43.5 Å². The highest BCUT2D eigenvalue weighted by Gasteiger charge is 2.29. The number of rotatable bonds is 6. The highest BCUT2D eigenvalue weighted by Crippen LogP contribution is 2.32. The third-order valence-electron chi connectivity index (χ3n) is 5.71. The van der Waals surface area contributed by atoms with Crippen molar-refractivity contribution in [1.82, 2.24) is 4.90 Å². The van der Waals surface area contributed by atoms with Gasteiger partial charge < -0.3 is 9.64 Å². The Balaban J connectivity index is 1.81. The molecule has 1 amide bonds. The van der Waals surface area contributed by atoms with Gasteiger partial charge in [0.05, 0.1) is 13.5 Å². The number of nitrogens with zero attached hydrogens (tertiary/aromatic N) is 1. The van der Waals surface area contributed by atoms with E-state index < -0.39 is 0 Å². The first-order valence-corrected chi connectivity index (χ1v) is 10.0. The maximum atomic E-state index is 13.2. The molecule has 3 rings (SSSR count). The van der Waals surface area contributed by atoms with Gasteiger partial charge in [0.15, 0.2) is 0 Å². The van der Waals surface area contributed by atoms with Crippen molar-refractivity contribution < 1.29 is 9.53 Å². The Morgan fingerprint density at radius 2 is 2.04 bits per heavy atom. The molecule has 0 spiro atoms. The van der Waals surface area contributed by atoms with E-state index >= 15 is 0 Å². The Labute approximate surface area is 163 Å². The van der Waals surface area contributed by atoms with E-state index in [4.69, 9.17) is 4.74 Å². The summed E-state index contributed by atoms with van der Waals surface area (Å²) in [5.41, 5.74) is 6.19. The number of hydrogen-bond donors (Lipinski definition) is 0. The zero-order valence-electron chi connectivity index (χ0n) is 17.0. The fourth-order valence-corrected chi connectivity index (χ4v) is 4.20. The number of carbonyl (C=O) groups is 1. The van der Waals surface area contributed by atoms with Crippen LogP contribution in [0.25, 0.3) is 0 Å². The van der Waals surface area contributed by atoms with Gasteiger partial charge in [-0.15, -0.1) is 0 Å². The van der Waals surface area contributed by atoms with Gasteiger partial charge in [-0.3, -0.25) is 4.79 Å². The second-order valence-electron chi connectivity index (χ2n) is 7.69. The van der Waals surface area contributed by atoms with E-state index in [9.17, 15) is 4.79 Å². The number of methoxy groups -OCH3 is 1. The maximum Gasteiger partial charge on any atom is 0.227 e. The minimum atomic E-state index is 0.244. The van der Waals surface area contributed by atoms with Gasteiger partial charge in [-0.2, -0.15) is 0 Å². The molecule has 0 N–H and O–H groups in total. The molecular formula is C24H31NO2. The van der Waals surface area contributed by atoms with E-state index in [0.29, 0.717) is 6.42 Å². The van der Waals surface area contributed by atoms with Crippen LogP contribution < -0.4 is 4.74 Å². The smallest absolute Gasteiger partial charge is 0.227 e. The predicted octanol–water partition coefficient (Wildman–Crippen LogP) is 4.65. The van der Waals surface area contributed by atoms with Crippen molar-refractivity contribution in [2.45, 2.75) is 58.9 Å². The van der Waals surface area contributed by atoms with E-state index in [2.05, 4.69) is 56.0 Å². The zero-order valence-corrected chi connectivity index (χ0v) is 17.0. The molecule has 3 nitrogen and oxygen atoms in total. The summed E-state index contributed by atoms with van der Waals surface area (Å²) in [6, 6.07) is 12.9. The molecule has 0 aliphatic heterocycles. The summed E-state index contributed by atoms with van der Waals surface area (Å²) in [4.78, 5) is 15.3. The molecule has 0 bridgehead atoms. The largest absolute Gasteiger partial charge is 0.496 e. The summed E-state index contributed by atoms with van der Waals surface area (Å²) in [7, 11) is 1.73. The third kappa shape index (κ3) is 4.35. The van der Waals surface area contributed by atoms with E-state index in [1.807, 2.05) is 6.07 Å². The monoisotopic (exact) mass is 365 g/mol. The van der Waals surface area contributed by atoms with Crippen molar-refractivity contribution in [2.75, 3.05) is 13.7 Å². The molecule has 2 aromatic carbocycles. The first-order valence-electron chi connectivity index (χ1n) is 10.0. The predicted molar refractivity (Wildman–Crippen MR) is 110 cm³/mol. The molecule has 1 unspecified atom stereocenters. The summed E-state index contributed by atoms with van der Waals surface area (Å²) in [5, 5.41) is 0. The zero-order chi connectivity index (χ0) is 19.4. The SMILES string of the molecule is CCCN(C(=O)Cc1cc(C)ccc1C)C1CCc2cccc(OC)c2C1. The minimum absolute atomic E-state index is 0.244. The lowest BCUT2D eigenvalue weighted by Gasteiger charge is -2.36. The molecule has 27 heavy (non-hydrogen) atoms. The van der Waals surface area contributed by atoms with Crippen molar-refractivity contribution in [1.29, 1.82) is 0 Å². The summed E-state index contributed by atoms with van der Waals surface area (Å²) >= 11 is 0. The Kier molecular flexibility index (Phi) is 6.20. The summed E-state index contributed by atoms with van der Waals surface area (Å²) in [5.74, 6) is 1.20. The number of hydrogen-bond acceptors (Lipinski definition) is 2. The van der Waals surface area contributed by atoms with Crippen LogP contribution in [0.4, 0.5) is 0 Å². The number of aryl methyl sites for hydroxylation is 3. The molecule has 0 radical (unpaired) electrons. The Morgan fingerprint density at radius 1 is 1.22 bits per heavy atom. The molecule has 1 atom stereocenters. The van der Waals surface area contributed by atoms with Crippen LogP contribution >= 0.6 is 0 Å². The second-order valence-corrected chi connectivity index (χ2v) is 7.69. The number of carbonyl (C=O) groups excluding carboxylic acids is 1. The quantitative estimate of drug-likeness (QED) is 0.746. The first-order chi connectivity index (χ1) is 13.0. The van der Waals surface area contributed by atoms with E-state index in [1.165, 1.54) is 22.3 Å². The van der Waals surface area contributed by atoms with Crippen LogP contribution in [0, 0.1) is 13.8 Å². The van der Waals surface area contributed by atoms with Crippen LogP contribution in [0.5, 0.6) is 5.75 Å². The molecule has 0 fully saturated rings. The Bertz CT molecular complexity index is 798. The number of benzene rings is 2. The molecule has 144 valence electrons. The van der Waals surface area contributed by atoms with Crippen molar-refractivity contribution in [3.8, 4) is 5.75 Å². The van der Waals surface area contributed by atoms with Crippen LogP contribution in [0.1, 0.15) is 47.6 Å². The maximum absolute atomic E-state index is 13.2. The van der Waals surface area contributed by atoms with Crippen LogP contribution in [0.2, 0.25) is 0 Å². The van der Waals surface area contributed by atoms with Gasteiger partial charge in [0.2, 0.25) is 5.91 Å². The fourth-order valence-electron chi connectivity index (χ4n) is 4.20. The van der Waals surface area contributed by atoms with Gasteiger partial charge in [0, 0.05) is 12.6 Å². The average Bonchev–Trinajstić information content (AvgIpc) is 2.68. The van der Waals surface area contributed by atoms with Gasteiger partial charge in [0.1, 0.15) is 5.75 Å². The summed E-state index contributed by atoms with van der Waals surface area (Å²) in [6.45, 7) is 7.14. The lowest BCUT2D eigenvalue weighted by Crippen LogP contribution is -2.44. The third-order valence-corrected chi connectivity index (χ3v) is 5.71. The molecule has 1 aliphatic rings.